The van der Waals surface area contributed by atoms with Crippen LogP contribution in [0.4, 0.5) is 0 Å². The second-order valence-electron chi connectivity index (χ2n) is 6.02. The molecule has 1 aromatic rings. The molecule has 1 fully saturated rings. The van der Waals surface area contributed by atoms with Crippen LogP contribution in [-0.4, -0.2) is 11.0 Å². The van der Waals surface area contributed by atoms with Crippen LogP contribution < -0.4 is 11.3 Å². The molecule has 1 aromatic heterocycles. The summed E-state index contributed by atoms with van der Waals surface area (Å²) in [5.41, 5.74) is 3.48. The molecular weight excluding hydrogens is 242 g/mol. The second-order valence-corrected chi connectivity index (χ2v) is 7.00. The van der Waals surface area contributed by atoms with Crippen molar-refractivity contribution in [2.24, 2.45) is 17.2 Å². The Labute approximate surface area is 114 Å². The van der Waals surface area contributed by atoms with Gasteiger partial charge in [-0.05, 0) is 30.6 Å². The molecule has 1 aliphatic carbocycles. The maximum absolute atomic E-state index is 5.86. The molecule has 1 saturated carbocycles. The van der Waals surface area contributed by atoms with Crippen molar-refractivity contribution in [2.45, 2.75) is 58.4 Å². The first-order valence-corrected chi connectivity index (χ1v) is 7.89. The molecule has 0 bridgehead atoms. The Hall–Kier alpha value is -0.450. The predicted octanol–water partition coefficient (Wildman–Crippen LogP) is 3.12. The van der Waals surface area contributed by atoms with Gasteiger partial charge in [0.15, 0.2) is 0 Å². The van der Waals surface area contributed by atoms with Crippen molar-refractivity contribution in [3.8, 4) is 0 Å². The summed E-state index contributed by atoms with van der Waals surface area (Å²) in [6.07, 6.45) is 9.45. The van der Waals surface area contributed by atoms with Crippen LogP contribution >= 0.6 is 11.3 Å². The maximum Gasteiger partial charge on any atom is 0.0941 e. The number of thiazole rings is 1. The third-order valence-electron chi connectivity index (χ3n) is 4.22. The molecule has 2 rings (SSSR count). The largest absolute Gasteiger partial charge is 0.271 e. The number of rotatable bonds is 6. The van der Waals surface area contributed by atoms with Gasteiger partial charge in [0.05, 0.1) is 5.01 Å². The van der Waals surface area contributed by atoms with Crippen LogP contribution in [0.2, 0.25) is 0 Å². The monoisotopic (exact) mass is 267 g/mol. The lowest BCUT2D eigenvalue weighted by Crippen LogP contribution is -2.49. The molecular formula is C14H25N3S. The Morgan fingerprint density at radius 2 is 2.17 bits per heavy atom. The summed E-state index contributed by atoms with van der Waals surface area (Å²) in [6.45, 7) is 4.63. The highest BCUT2D eigenvalue weighted by Crippen LogP contribution is 2.46. The number of nitrogens with zero attached hydrogens (tertiary/aromatic N) is 1. The number of hydrogen-bond acceptors (Lipinski definition) is 4. The van der Waals surface area contributed by atoms with Crippen LogP contribution in [0.15, 0.2) is 11.6 Å². The van der Waals surface area contributed by atoms with Gasteiger partial charge in [0.1, 0.15) is 0 Å². The van der Waals surface area contributed by atoms with Gasteiger partial charge in [-0.25, -0.2) is 4.98 Å². The maximum atomic E-state index is 5.86. The molecule has 1 heterocycles. The summed E-state index contributed by atoms with van der Waals surface area (Å²) in [5, 5.41) is 3.25. The van der Waals surface area contributed by atoms with Crippen LogP contribution in [0, 0.1) is 11.3 Å². The molecule has 1 atom stereocenters. The molecule has 1 aliphatic rings. The molecule has 102 valence electrons. The van der Waals surface area contributed by atoms with E-state index in [2.05, 4.69) is 24.3 Å². The third kappa shape index (κ3) is 3.11. The van der Waals surface area contributed by atoms with E-state index in [1.165, 1.54) is 37.1 Å². The Morgan fingerprint density at radius 1 is 1.44 bits per heavy atom. The van der Waals surface area contributed by atoms with E-state index >= 15 is 0 Å². The number of hydrogen-bond donors (Lipinski definition) is 2. The molecule has 0 amide bonds. The normalized spacial score (nSPS) is 20.4. The number of hydrazine groups is 1. The Kier molecular flexibility index (Phi) is 4.76. The molecule has 3 N–H and O–H groups in total. The highest BCUT2D eigenvalue weighted by molar-refractivity contribution is 7.09. The smallest absolute Gasteiger partial charge is 0.0941 e. The van der Waals surface area contributed by atoms with E-state index in [0.717, 1.165) is 12.3 Å². The summed E-state index contributed by atoms with van der Waals surface area (Å²) in [4.78, 5) is 4.41. The predicted molar refractivity (Wildman–Crippen MR) is 77.3 cm³/mol. The molecule has 18 heavy (non-hydrogen) atoms. The van der Waals surface area contributed by atoms with Gasteiger partial charge in [0.2, 0.25) is 0 Å². The van der Waals surface area contributed by atoms with Crippen LogP contribution in [-0.2, 0) is 6.42 Å². The van der Waals surface area contributed by atoms with E-state index in [4.69, 9.17) is 5.84 Å². The fraction of sp³-hybridized carbons (Fsp3) is 0.786. The fourth-order valence-electron chi connectivity index (χ4n) is 3.57. The lowest BCUT2D eigenvalue weighted by Gasteiger charge is -2.38. The van der Waals surface area contributed by atoms with E-state index in [1.807, 2.05) is 11.6 Å². The summed E-state index contributed by atoms with van der Waals surface area (Å²) in [6, 6.07) is 0.369. The number of aromatic nitrogens is 1. The lowest BCUT2D eigenvalue weighted by molar-refractivity contribution is 0.154. The van der Waals surface area contributed by atoms with Crippen molar-refractivity contribution in [1.29, 1.82) is 0 Å². The molecule has 0 aromatic carbocycles. The minimum atomic E-state index is 0.369. The van der Waals surface area contributed by atoms with Gasteiger partial charge in [-0.3, -0.25) is 11.3 Å². The van der Waals surface area contributed by atoms with Crippen molar-refractivity contribution in [3.63, 3.8) is 0 Å². The molecule has 0 spiro atoms. The summed E-state index contributed by atoms with van der Waals surface area (Å²) in [7, 11) is 0. The first kappa shape index (κ1) is 14.0. The summed E-state index contributed by atoms with van der Waals surface area (Å²) >= 11 is 1.74. The summed E-state index contributed by atoms with van der Waals surface area (Å²) in [5.74, 6) is 6.59. The standard InChI is InChI=1S/C14H25N3S/c1-11(2)10-14(5-3-4-6-14)12(17-15)9-13-16-7-8-18-13/h7-8,11-12,17H,3-6,9-10,15H2,1-2H3. The van der Waals surface area contributed by atoms with Crippen molar-refractivity contribution in [1.82, 2.24) is 10.4 Å². The van der Waals surface area contributed by atoms with Crippen molar-refractivity contribution < 1.29 is 0 Å². The van der Waals surface area contributed by atoms with Crippen molar-refractivity contribution in [3.05, 3.63) is 16.6 Å². The number of nitrogens with one attached hydrogen (secondary N) is 1. The SMILES string of the molecule is CC(C)CC1(C(Cc2nccs2)NN)CCCC1. The van der Waals surface area contributed by atoms with Gasteiger partial charge in [0.25, 0.3) is 0 Å². The van der Waals surface area contributed by atoms with Crippen LogP contribution in [0.3, 0.4) is 0 Å². The van der Waals surface area contributed by atoms with Gasteiger partial charge in [-0.15, -0.1) is 11.3 Å². The first-order chi connectivity index (χ1) is 8.66. The van der Waals surface area contributed by atoms with Crippen LogP contribution in [0.5, 0.6) is 0 Å². The third-order valence-corrected chi connectivity index (χ3v) is 5.02. The van der Waals surface area contributed by atoms with E-state index in [1.54, 1.807) is 11.3 Å². The highest BCUT2D eigenvalue weighted by atomic mass is 32.1. The first-order valence-electron chi connectivity index (χ1n) is 7.01. The topological polar surface area (TPSA) is 50.9 Å². The van der Waals surface area contributed by atoms with Gasteiger partial charge >= 0.3 is 0 Å². The van der Waals surface area contributed by atoms with Crippen LogP contribution in [0.1, 0.15) is 51.0 Å². The lowest BCUT2D eigenvalue weighted by atomic mass is 9.72. The molecule has 0 radical (unpaired) electrons. The van der Waals surface area contributed by atoms with Crippen molar-refractivity contribution >= 4 is 11.3 Å². The Balaban J connectivity index is 2.11. The van der Waals surface area contributed by atoms with Crippen LogP contribution in [0.25, 0.3) is 0 Å². The quantitative estimate of drug-likeness (QED) is 0.615. The van der Waals surface area contributed by atoms with Crippen molar-refractivity contribution in [2.75, 3.05) is 0 Å². The Bertz CT molecular complexity index is 342. The molecule has 0 aliphatic heterocycles. The van der Waals surface area contributed by atoms with Gasteiger partial charge in [0, 0.05) is 24.0 Å². The average Bonchev–Trinajstić information content (AvgIpc) is 2.96. The zero-order chi connectivity index (χ0) is 13.0. The van der Waals surface area contributed by atoms with E-state index in [0.29, 0.717) is 11.5 Å². The average molecular weight is 267 g/mol. The molecule has 0 saturated heterocycles. The molecule has 3 nitrogen and oxygen atoms in total. The Morgan fingerprint density at radius 3 is 2.67 bits per heavy atom. The van der Waals surface area contributed by atoms with Gasteiger partial charge < -0.3 is 0 Å². The zero-order valence-electron chi connectivity index (χ0n) is 11.5. The summed E-state index contributed by atoms with van der Waals surface area (Å²) < 4.78 is 0. The van der Waals surface area contributed by atoms with E-state index in [9.17, 15) is 0 Å². The fourth-order valence-corrected chi connectivity index (χ4v) is 4.23. The highest BCUT2D eigenvalue weighted by Gasteiger charge is 2.41. The minimum Gasteiger partial charge on any atom is -0.271 e. The van der Waals surface area contributed by atoms with E-state index in [-0.39, 0.29) is 0 Å². The molecule has 1 unspecified atom stereocenters. The second kappa shape index (κ2) is 6.13. The number of nitrogens with two attached hydrogens (primary N) is 1. The zero-order valence-corrected chi connectivity index (χ0v) is 12.3. The van der Waals surface area contributed by atoms with E-state index < -0.39 is 0 Å². The minimum absolute atomic E-state index is 0.369. The van der Waals surface area contributed by atoms with Gasteiger partial charge in [-0.1, -0.05) is 26.7 Å². The molecule has 4 heteroatoms. The van der Waals surface area contributed by atoms with Gasteiger partial charge in [-0.2, -0.15) is 0 Å².